The summed E-state index contributed by atoms with van der Waals surface area (Å²) in [5.41, 5.74) is -0.673. The molecule has 0 bridgehead atoms. The summed E-state index contributed by atoms with van der Waals surface area (Å²) >= 11 is 6.75. The van der Waals surface area contributed by atoms with Crippen molar-refractivity contribution in [2.45, 2.75) is 24.4 Å². The van der Waals surface area contributed by atoms with Crippen LogP contribution in [0.2, 0.25) is 5.02 Å². The number of nitrogens with zero attached hydrogens (tertiary/aromatic N) is 3. The maximum Gasteiger partial charge on any atom is 0.418 e. The number of carbonyl (C=O) groups is 1. The first-order valence-electron chi connectivity index (χ1n) is 11.3. The molecule has 0 aliphatic heterocycles. The molecule has 1 atom stereocenters. The molecule has 1 aromatic heterocycles. The van der Waals surface area contributed by atoms with Gasteiger partial charge in [0.05, 0.1) is 24.1 Å². The Balaban J connectivity index is 1.55. The van der Waals surface area contributed by atoms with E-state index in [0.29, 0.717) is 22.5 Å². The third-order valence-corrected chi connectivity index (χ3v) is 6.45. The number of thioether (sulfide) groups is 1. The van der Waals surface area contributed by atoms with E-state index in [9.17, 15) is 18.0 Å². The largest absolute Gasteiger partial charge is 0.497 e. The van der Waals surface area contributed by atoms with Crippen LogP contribution in [0.3, 0.4) is 0 Å². The van der Waals surface area contributed by atoms with Crippen molar-refractivity contribution in [3.8, 4) is 17.2 Å². The van der Waals surface area contributed by atoms with Crippen LogP contribution in [0, 0.1) is 0 Å². The molecule has 0 fully saturated rings. The number of alkyl halides is 3. The van der Waals surface area contributed by atoms with Crippen LogP contribution in [0.4, 0.5) is 18.9 Å². The quantitative estimate of drug-likeness (QED) is 0.226. The monoisotopic (exact) mass is 562 g/mol. The molecule has 0 radical (unpaired) electrons. The molecule has 0 aliphatic rings. The number of para-hydroxylation sites is 1. The Labute approximate surface area is 225 Å². The molecule has 4 aromatic rings. The predicted molar refractivity (Wildman–Crippen MR) is 139 cm³/mol. The van der Waals surface area contributed by atoms with Crippen molar-refractivity contribution in [1.29, 1.82) is 0 Å². The van der Waals surface area contributed by atoms with Gasteiger partial charge in [-0.05, 0) is 49.4 Å². The minimum Gasteiger partial charge on any atom is -0.497 e. The van der Waals surface area contributed by atoms with E-state index in [4.69, 9.17) is 21.1 Å². The van der Waals surface area contributed by atoms with E-state index in [1.54, 1.807) is 35.9 Å². The summed E-state index contributed by atoms with van der Waals surface area (Å²) in [5, 5.41) is 11.1. The second kappa shape index (κ2) is 11.8. The number of anilines is 1. The van der Waals surface area contributed by atoms with Crippen molar-refractivity contribution >= 4 is 35.0 Å². The summed E-state index contributed by atoms with van der Waals surface area (Å²) in [4.78, 5) is 12.6. The lowest BCUT2D eigenvalue weighted by molar-refractivity contribution is -0.137. The fraction of sp³-hybridized carbons (Fsp3) is 0.192. The second-order valence-electron chi connectivity index (χ2n) is 7.98. The third kappa shape index (κ3) is 6.59. The highest BCUT2D eigenvalue weighted by Crippen LogP contribution is 2.37. The Morgan fingerprint density at radius 1 is 1.05 bits per heavy atom. The number of hydrogen-bond acceptors (Lipinski definition) is 6. The molecule has 1 N–H and O–H groups in total. The Bertz CT molecular complexity index is 1420. The molecule has 3 aromatic carbocycles. The third-order valence-electron chi connectivity index (χ3n) is 5.28. The van der Waals surface area contributed by atoms with Crippen LogP contribution >= 0.6 is 23.4 Å². The Kier molecular flexibility index (Phi) is 8.48. The highest BCUT2D eigenvalue weighted by atomic mass is 35.5. The fourth-order valence-corrected chi connectivity index (χ4v) is 4.50. The zero-order chi connectivity index (χ0) is 27.3. The maximum absolute atomic E-state index is 13.4. The molecule has 0 aliphatic carbocycles. The van der Waals surface area contributed by atoms with Crippen LogP contribution in [0.1, 0.15) is 24.4 Å². The van der Waals surface area contributed by atoms with E-state index < -0.39 is 23.8 Å². The van der Waals surface area contributed by atoms with Crippen molar-refractivity contribution in [3.05, 3.63) is 89.2 Å². The van der Waals surface area contributed by atoms with E-state index in [1.165, 1.54) is 6.07 Å². The molecule has 38 heavy (non-hydrogen) atoms. The summed E-state index contributed by atoms with van der Waals surface area (Å²) in [6.45, 7) is 1.81. The maximum atomic E-state index is 13.4. The molecular weight excluding hydrogens is 541 g/mol. The van der Waals surface area contributed by atoms with Gasteiger partial charge >= 0.3 is 6.18 Å². The Morgan fingerprint density at radius 3 is 2.50 bits per heavy atom. The van der Waals surface area contributed by atoms with Gasteiger partial charge in [-0.1, -0.05) is 47.6 Å². The summed E-state index contributed by atoms with van der Waals surface area (Å²) in [7, 11) is 1.56. The van der Waals surface area contributed by atoms with Gasteiger partial charge in [0.25, 0.3) is 0 Å². The van der Waals surface area contributed by atoms with Gasteiger partial charge in [0.1, 0.15) is 11.5 Å². The second-order valence-corrected chi connectivity index (χ2v) is 9.35. The van der Waals surface area contributed by atoms with E-state index in [1.807, 2.05) is 37.3 Å². The van der Waals surface area contributed by atoms with Crippen molar-refractivity contribution in [2.24, 2.45) is 0 Å². The summed E-state index contributed by atoms with van der Waals surface area (Å²) in [5.74, 6) is 0.815. The lowest BCUT2D eigenvalue weighted by Gasteiger charge is -2.17. The standard InChI is InChI=1S/C26H22ClF3N4O3S/c1-16(37-20-10-6-9-19(14-20)36-2)24-32-33-25(34(24)18-7-4-3-5-8-18)38-15-23(35)31-22-12-11-17(27)13-21(22)26(28,29)30/h3-14,16H,15H2,1-2H3,(H,31,35). The average Bonchev–Trinajstić information content (AvgIpc) is 3.33. The van der Waals surface area contributed by atoms with Gasteiger partial charge < -0.3 is 14.8 Å². The molecule has 198 valence electrons. The SMILES string of the molecule is COc1cccc(OC(C)c2nnc(SCC(=O)Nc3ccc(Cl)cc3C(F)(F)F)n2-c2ccccc2)c1. The summed E-state index contributed by atoms with van der Waals surface area (Å²) in [6.07, 6.45) is -5.22. The lowest BCUT2D eigenvalue weighted by atomic mass is 10.1. The van der Waals surface area contributed by atoms with Crippen molar-refractivity contribution in [1.82, 2.24) is 14.8 Å². The number of benzene rings is 3. The van der Waals surface area contributed by atoms with Crippen LogP contribution in [0.5, 0.6) is 11.5 Å². The minimum absolute atomic E-state index is 0.0847. The highest BCUT2D eigenvalue weighted by Gasteiger charge is 2.34. The van der Waals surface area contributed by atoms with E-state index in [0.717, 1.165) is 29.6 Å². The van der Waals surface area contributed by atoms with E-state index in [2.05, 4.69) is 15.5 Å². The van der Waals surface area contributed by atoms with Crippen molar-refractivity contribution in [2.75, 3.05) is 18.2 Å². The molecular formula is C26H22ClF3N4O3S. The molecule has 7 nitrogen and oxygen atoms in total. The zero-order valence-corrected chi connectivity index (χ0v) is 21.8. The number of amides is 1. The molecule has 1 heterocycles. The smallest absolute Gasteiger partial charge is 0.418 e. The molecule has 4 rings (SSSR count). The number of hydrogen-bond donors (Lipinski definition) is 1. The average molecular weight is 563 g/mol. The summed E-state index contributed by atoms with van der Waals surface area (Å²) < 4.78 is 53.2. The van der Waals surface area contributed by atoms with Gasteiger partial charge in [-0.15, -0.1) is 10.2 Å². The van der Waals surface area contributed by atoms with Crippen LogP contribution in [0.25, 0.3) is 5.69 Å². The Morgan fingerprint density at radius 2 is 1.79 bits per heavy atom. The van der Waals surface area contributed by atoms with Gasteiger partial charge in [-0.2, -0.15) is 13.2 Å². The lowest BCUT2D eigenvalue weighted by Crippen LogP contribution is -2.18. The van der Waals surface area contributed by atoms with Crippen molar-refractivity contribution in [3.63, 3.8) is 0 Å². The normalized spacial score (nSPS) is 12.2. The van der Waals surface area contributed by atoms with Crippen LogP contribution in [0.15, 0.2) is 78.0 Å². The number of aromatic nitrogens is 3. The first-order chi connectivity index (χ1) is 18.2. The predicted octanol–water partition coefficient (Wildman–Crippen LogP) is 6.82. The molecule has 12 heteroatoms. The topological polar surface area (TPSA) is 78.3 Å². The van der Waals surface area contributed by atoms with Gasteiger partial charge in [0.2, 0.25) is 5.91 Å². The minimum atomic E-state index is -4.68. The first-order valence-corrected chi connectivity index (χ1v) is 12.6. The molecule has 0 spiro atoms. The molecule has 0 saturated heterocycles. The van der Waals surface area contributed by atoms with Crippen molar-refractivity contribution < 1.29 is 27.4 Å². The van der Waals surface area contributed by atoms with Gasteiger partial charge in [-0.25, -0.2) is 0 Å². The summed E-state index contributed by atoms with van der Waals surface area (Å²) in [6, 6.07) is 19.5. The number of halogens is 4. The number of rotatable bonds is 9. The number of carbonyl (C=O) groups excluding carboxylic acids is 1. The molecule has 1 unspecified atom stereocenters. The number of ether oxygens (including phenoxy) is 2. The molecule has 1 amide bonds. The van der Waals surface area contributed by atoms with Crippen LogP contribution in [-0.4, -0.2) is 33.5 Å². The van der Waals surface area contributed by atoms with E-state index in [-0.39, 0.29) is 16.5 Å². The van der Waals surface area contributed by atoms with Gasteiger partial charge in [-0.3, -0.25) is 9.36 Å². The van der Waals surface area contributed by atoms with Crippen LogP contribution in [-0.2, 0) is 11.0 Å². The van der Waals surface area contributed by atoms with Crippen LogP contribution < -0.4 is 14.8 Å². The fourth-order valence-electron chi connectivity index (χ4n) is 3.57. The number of methoxy groups -OCH3 is 1. The highest BCUT2D eigenvalue weighted by molar-refractivity contribution is 7.99. The molecule has 0 saturated carbocycles. The van der Waals surface area contributed by atoms with E-state index >= 15 is 0 Å². The van der Waals surface area contributed by atoms with Gasteiger partial charge in [0.15, 0.2) is 17.1 Å². The van der Waals surface area contributed by atoms with Gasteiger partial charge in [0, 0.05) is 16.8 Å². The first kappa shape index (κ1) is 27.3. The number of nitrogens with one attached hydrogen (secondary N) is 1. The zero-order valence-electron chi connectivity index (χ0n) is 20.2. The Hall–Kier alpha value is -3.70.